The minimum Gasteiger partial charge on any atom is -0.490 e. The highest BCUT2D eigenvalue weighted by Gasteiger charge is 2.18. The molecule has 1 saturated carbocycles. The highest BCUT2D eigenvalue weighted by atomic mass is 16.5. The van der Waals surface area contributed by atoms with E-state index in [1.807, 2.05) is 39.1 Å². The monoisotopic (exact) mass is 354 g/mol. The second kappa shape index (κ2) is 8.21. The second-order valence-electron chi connectivity index (χ2n) is 6.63. The van der Waals surface area contributed by atoms with Crippen molar-refractivity contribution >= 4 is 11.9 Å². The summed E-state index contributed by atoms with van der Waals surface area (Å²) in [5.41, 5.74) is 2.38. The van der Waals surface area contributed by atoms with Crippen LogP contribution < -0.4 is 9.47 Å². The number of benzene rings is 1. The van der Waals surface area contributed by atoms with Gasteiger partial charge in [0, 0.05) is 12.7 Å². The lowest BCUT2D eigenvalue weighted by Gasteiger charge is -2.17. The van der Waals surface area contributed by atoms with Gasteiger partial charge in [0.2, 0.25) is 0 Å². The molecule has 0 atom stereocenters. The minimum atomic E-state index is -0.0557. The van der Waals surface area contributed by atoms with E-state index in [-0.39, 0.29) is 11.9 Å². The molecule has 0 N–H and O–H groups in total. The molecule has 138 valence electrons. The molecule has 3 rings (SSSR count). The number of aromatic nitrogens is 2. The van der Waals surface area contributed by atoms with Crippen molar-refractivity contribution in [2.75, 3.05) is 6.61 Å². The summed E-state index contributed by atoms with van der Waals surface area (Å²) in [6.45, 7) is 4.41. The van der Waals surface area contributed by atoms with Gasteiger partial charge >= 0.3 is 0 Å². The van der Waals surface area contributed by atoms with Crippen molar-refractivity contribution in [3.05, 3.63) is 47.3 Å². The van der Waals surface area contributed by atoms with Gasteiger partial charge in [0.1, 0.15) is 0 Å². The number of ketones is 1. The molecular weight excluding hydrogens is 328 g/mol. The number of carbonyl (C=O) groups is 1. The van der Waals surface area contributed by atoms with E-state index in [1.165, 1.54) is 12.8 Å². The third kappa shape index (κ3) is 4.15. The normalized spacial score (nSPS) is 14.9. The van der Waals surface area contributed by atoms with Gasteiger partial charge in [-0.15, -0.1) is 0 Å². The number of aryl methyl sites for hydroxylation is 1. The Morgan fingerprint density at radius 2 is 2.08 bits per heavy atom. The highest BCUT2D eigenvalue weighted by molar-refractivity contribution is 6.07. The number of allylic oxidation sites excluding steroid dienone is 1. The predicted octanol–water partition coefficient (Wildman–Crippen LogP) is 4.34. The Kier molecular flexibility index (Phi) is 5.76. The summed E-state index contributed by atoms with van der Waals surface area (Å²) in [5, 5.41) is 4.12. The van der Waals surface area contributed by atoms with E-state index < -0.39 is 0 Å². The summed E-state index contributed by atoms with van der Waals surface area (Å²) in [7, 11) is 1.83. The van der Waals surface area contributed by atoms with Gasteiger partial charge in [0.25, 0.3) is 0 Å². The molecule has 2 aromatic rings. The summed E-state index contributed by atoms with van der Waals surface area (Å²) in [5.74, 6) is 1.46. The third-order valence-corrected chi connectivity index (χ3v) is 4.79. The Bertz CT molecular complexity index is 802. The highest BCUT2D eigenvalue weighted by Crippen LogP contribution is 2.33. The van der Waals surface area contributed by atoms with Crippen LogP contribution in [0.5, 0.6) is 11.5 Å². The van der Waals surface area contributed by atoms with Crippen LogP contribution in [0.25, 0.3) is 6.08 Å². The molecular formula is C21H26N2O3. The zero-order chi connectivity index (χ0) is 18.5. The Balaban J connectivity index is 1.75. The first-order chi connectivity index (χ1) is 12.6. The van der Waals surface area contributed by atoms with E-state index in [0.29, 0.717) is 12.2 Å². The molecule has 0 saturated heterocycles. The van der Waals surface area contributed by atoms with Gasteiger partial charge in [-0.2, -0.15) is 5.10 Å². The first kappa shape index (κ1) is 18.2. The summed E-state index contributed by atoms with van der Waals surface area (Å²) in [4.78, 5) is 12.4. The standard InChI is InChI=1S/C21H26N2O3/c1-4-25-21-13-16(10-12-20(21)26-17-7-5-6-8-17)9-11-19(24)18-14-22-23(3)15(18)2/h9-14,17H,4-8H2,1-3H3/b11-9+. The molecule has 1 heterocycles. The van der Waals surface area contributed by atoms with E-state index in [0.717, 1.165) is 35.6 Å². The van der Waals surface area contributed by atoms with Crippen molar-refractivity contribution in [3.8, 4) is 11.5 Å². The van der Waals surface area contributed by atoms with E-state index in [9.17, 15) is 4.79 Å². The summed E-state index contributed by atoms with van der Waals surface area (Å²) >= 11 is 0. The second-order valence-corrected chi connectivity index (χ2v) is 6.63. The van der Waals surface area contributed by atoms with Gasteiger partial charge in [-0.05, 0) is 63.3 Å². The van der Waals surface area contributed by atoms with E-state index in [4.69, 9.17) is 9.47 Å². The van der Waals surface area contributed by atoms with Gasteiger partial charge in [-0.1, -0.05) is 12.1 Å². The molecule has 0 spiro atoms. The SMILES string of the molecule is CCOc1cc(/C=C/C(=O)c2cnn(C)c2C)ccc1OC1CCCC1. The fraction of sp³-hybridized carbons (Fsp3) is 0.429. The molecule has 0 unspecified atom stereocenters. The number of nitrogens with zero attached hydrogens (tertiary/aromatic N) is 2. The average molecular weight is 354 g/mol. The van der Waals surface area contributed by atoms with E-state index >= 15 is 0 Å². The van der Waals surface area contributed by atoms with Crippen molar-refractivity contribution in [3.63, 3.8) is 0 Å². The number of ether oxygens (including phenoxy) is 2. The van der Waals surface area contributed by atoms with Crippen molar-refractivity contribution in [2.45, 2.75) is 45.6 Å². The Morgan fingerprint density at radius 1 is 1.31 bits per heavy atom. The molecule has 5 heteroatoms. The van der Waals surface area contributed by atoms with Crippen LogP contribution in [-0.2, 0) is 7.05 Å². The van der Waals surface area contributed by atoms with Gasteiger partial charge in [-0.25, -0.2) is 0 Å². The molecule has 26 heavy (non-hydrogen) atoms. The minimum absolute atomic E-state index is 0.0557. The Labute approximate surface area is 154 Å². The fourth-order valence-corrected chi connectivity index (χ4v) is 3.18. The molecule has 1 aromatic carbocycles. The molecule has 1 fully saturated rings. The molecule has 0 radical (unpaired) electrons. The van der Waals surface area contributed by atoms with Crippen molar-refractivity contribution < 1.29 is 14.3 Å². The molecule has 0 bridgehead atoms. The molecule has 0 amide bonds. The van der Waals surface area contributed by atoms with Crippen LogP contribution in [0.15, 0.2) is 30.5 Å². The molecule has 1 aromatic heterocycles. The number of hydrogen-bond donors (Lipinski definition) is 0. The predicted molar refractivity (Wildman–Crippen MR) is 102 cm³/mol. The molecule has 5 nitrogen and oxygen atoms in total. The smallest absolute Gasteiger partial charge is 0.189 e. The zero-order valence-corrected chi connectivity index (χ0v) is 15.7. The molecule has 1 aliphatic carbocycles. The number of hydrogen-bond acceptors (Lipinski definition) is 4. The maximum Gasteiger partial charge on any atom is 0.189 e. The van der Waals surface area contributed by atoms with Gasteiger partial charge < -0.3 is 9.47 Å². The van der Waals surface area contributed by atoms with Crippen LogP contribution in [0, 0.1) is 6.92 Å². The fourth-order valence-electron chi connectivity index (χ4n) is 3.18. The van der Waals surface area contributed by atoms with Gasteiger partial charge in [-0.3, -0.25) is 9.48 Å². The average Bonchev–Trinajstić information content (AvgIpc) is 3.26. The lowest BCUT2D eigenvalue weighted by atomic mass is 10.1. The number of carbonyl (C=O) groups excluding carboxylic acids is 1. The van der Waals surface area contributed by atoms with Crippen LogP contribution in [0.1, 0.15) is 54.2 Å². The third-order valence-electron chi connectivity index (χ3n) is 4.79. The van der Waals surface area contributed by atoms with Crippen LogP contribution in [0.2, 0.25) is 0 Å². The lowest BCUT2D eigenvalue weighted by molar-refractivity contribution is 0.104. The topological polar surface area (TPSA) is 53.3 Å². The van der Waals surface area contributed by atoms with Gasteiger partial charge in [0.15, 0.2) is 17.3 Å². The summed E-state index contributed by atoms with van der Waals surface area (Å²) < 4.78 is 13.5. The first-order valence-corrected chi connectivity index (χ1v) is 9.23. The lowest BCUT2D eigenvalue weighted by Crippen LogP contribution is -2.11. The van der Waals surface area contributed by atoms with E-state index in [2.05, 4.69) is 5.10 Å². The van der Waals surface area contributed by atoms with Crippen LogP contribution >= 0.6 is 0 Å². The maximum absolute atomic E-state index is 12.4. The quantitative estimate of drug-likeness (QED) is 0.548. The van der Waals surface area contributed by atoms with E-state index in [1.54, 1.807) is 23.0 Å². The van der Waals surface area contributed by atoms with Gasteiger partial charge in [0.05, 0.1) is 24.5 Å². The van der Waals surface area contributed by atoms with Crippen molar-refractivity contribution in [1.82, 2.24) is 9.78 Å². The van der Waals surface area contributed by atoms with Crippen molar-refractivity contribution in [1.29, 1.82) is 0 Å². The largest absolute Gasteiger partial charge is 0.490 e. The van der Waals surface area contributed by atoms with Crippen molar-refractivity contribution in [2.24, 2.45) is 7.05 Å². The Morgan fingerprint density at radius 3 is 2.73 bits per heavy atom. The Hall–Kier alpha value is -2.56. The maximum atomic E-state index is 12.4. The summed E-state index contributed by atoms with van der Waals surface area (Å²) in [6, 6.07) is 5.81. The van der Waals surface area contributed by atoms with Crippen LogP contribution in [0.4, 0.5) is 0 Å². The van der Waals surface area contributed by atoms with Crippen LogP contribution in [-0.4, -0.2) is 28.3 Å². The molecule has 0 aliphatic heterocycles. The first-order valence-electron chi connectivity index (χ1n) is 9.23. The molecule has 1 aliphatic rings. The number of rotatable bonds is 7. The zero-order valence-electron chi connectivity index (χ0n) is 15.7. The van der Waals surface area contributed by atoms with Crippen LogP contribution in [0.3, 0.4) is 0 Å². The summed E-state index contributed by atoms with van der Waals surface area (Å²) in [6.07, 6.45) is 9.93.